The van der Waals surface area contributed by atoms with E-state index in [0.717, 1.165) is 25.7 Å². The molecular formula is C17H14BrNOS. The van der Waals surface area contributed by atoms with Gasteiger partial charge in [-0.2, -0.15) is 0 Å². The fraction of sp³-hybridized carbons (Fsp3) is 0.118. The largest absolute Gasteiger partial charge is 0.390 e. The predicted octanol–water partition coefficient (Wildman–Crippen LogP) is 5.09. The quantitative estimate of drug-likeness (QED) is 0.647. The number of ketones is 1. The molecule has 0 amide bonds. The number of hydrogen-bond acceptors (Lipinski definition) is 3. The van der Waals surface area contributed by atoms with Crippen LogP contribution in [-0.4, -0.2) is 5.78 Å². The molecule has 0 bridgehead atoms. The molecule has 0 aliphatic heterocycles. The molecule has 1 heterocycles. The van der Waals surface area contributed by atoms with Crippen LogP contribution in [0.3, 0.4) is 0 Å². The number of benzene rings is 2. The van der Waals surface area contributed by atoms with E-state index >= 15 is 0 Å². The lowest BCUT2D eigenvalue weighted by Gasteiger charge is -2.08. The molecule has 0 aliphatic carbocycles. The van der Waals surface area contributed by atoms with Gasteiger partial charge in [-0.25, -0.2) is 0 Å². The lowest BCUT2D eigenvalue weighted by molar-refractivity contribution is 0.104. The number of thiophene rings is 1. The highest BCUT2D eigenvalue weighted by atomic mass is 79.9. The van der Waals surface area contributed by atoms with Gasteiger partial charge in [-0.1, -0.05) is 40.2 Å². The smallest absolute Gasteiger partial charge is 0.196 e. The number of hydrogen-bond donors (Lipinski definition) is 1. The van der Waals surface area contributed by atoms with Crippen LogP contribution in [-0.2, 0) is 0 Å². The summed E-state index contributed by atoms with van der Waals surface area (Å²) < 4.78 is 0.987. The number of aryl methyl sites for hydroxylation is 1. The van der Waals surface area contributed by atoms with Crippen molar-refractivity contribution in [3.8, 4) is 0 Å². The van der Waals surface area contributed by atoms with Crippen molar-refractivity contribution in [3.63, 3.8) is 0 Å². The van der Waals surface area contributed by atoms with Crippen molar-refractivity contribution in [1.29, 1.82) is 0 Å². The highest BCUT2D eigenvalue weighted by Gasteiger charge is 2.21. The van der Waals surface area contributed by atoms with E-state index in [1.807, 2.05) is 50.2 Å². The number of rotatable bonds is 2. The molecule has 3 aromatic rings. The molecule has 0 spiro atoms. The molecule has 0 radical (unpaired) electrons. The number of fused-ring (bicyclic) bond motifs is 1. The molecule has 2 N–H and O–H groups in total. The van der Waals surface area contributed by atoms with Crippen LogP contribution in [0.25, 0.3) is 10.8 Å². The lowest BCUT2D eigenvalue weighted by atomic mass is 9.96. The highest BCUT2D eigenvalue weighted by molar-refractivity contribution is 9.10. The van der Waals surface area contributed by atoms with Gasteiger partial charge in [0.25, 0.3) is 0 Å². The summed E-state index contributed by atoms with van der Waals surface area (Å²) in [4.78, 5) is 14.0. The first-order chi connectivity index (χ1) is 10.0. The molecule has 2 aromatic carbocycles. The summed E-state index contributed by atoms with van der Waals surface area (Å²) in [6.45, 7) is 3.95. The van der Waals surface area contributed by atoms with E-state index in [4.69, 9.17) is 5.73 Å². The van der Waals surface area contributed by atoms with Crippen LogP contribution in [0, 0.1) is 13.8 Å². The van der Waals surface area contributed by atoms with Crippen molar-refractivity contribution >= 4 is 48.8 Å². The maximum absolute atomic E-state index is 12.9. The van der Waals surface area contributed by atoms with E-state index in [1.54, 1.807) is 0 Å². The summed E-state index contributed by atoms with van der Waals surface area (Å²) in [7, 11) is 0. The standard InChI is InChI=1S/C17H14BrNOS/c1-9-10(2)21-17(19)15(9)16(20)13-7-8-14(18)12-6-4-3-5-11(12)13/h3-8H,19H2,1-2H3. The van der Waals surface area contributed by atoms with Gasteiger partial charge < -0.3 is 5.73 Å². The summed E-state index contributed by atoms with van der Waals surface area (Å²) in [5.41, 5.74) is 8.36. The zero-order valence-corrected chi connectivity index (χ0v) is 14.1. The first-order valence-corrected chi connectivity index (χ1v) is 8.19. The van der Waals surface area contributed by atoms with Gasteiger partial charge in [0.15, 0.2) is 5.78 Å². The minimum atomic E-state index is -0.00181. The second kappa shape index (κ2) is 5.28. The fourth-order valence-electron chi connectivity index (χ4n) is 2.53. The van der Waals surface area contributed by atoms with Crippen molar-refractivity contribution in [2.45, 2.75) is 13.8 Å². The number of nitrogen functional groups attached to an aromatic ring is 1. The summed E-state index contributed by atoms with van der Waals surface area (Å²) in [6, 6.07) is 11.7. The third-order valence-corrected chi connectivity index (χ3v) is 5.48. The molecule has 4 heteroatoms. The first-order valence-electron chi connectivity index (χ1n) is 6.58. The van der Waals surface area contributed by atoms with Crippen molar-refractivity contribution in [1.82, 2.24) is 0 Å². The van der Waals surface area contributed by atoms with Crippen molar-refractivity contribution in [2.24, 2.45) is 0 Å². The molecule has 0 aliphatic rings. The second-order valence-corrected chi connectivity index (χ2v) is 7.10. The Kier molecular flexibility index (Phi) is 3.59. The lowest BCUT2D eigenvalue weighted by Crippen LogP contribution is -2.05. The Morgan fingerprint density at radius 2 is 1.76 bits per heavy atom. The highest BCUT2D eigenvalue weighted by Crippen LogP contribution is 2.34. The SMILES string of the molecule is Cc1sc(N)c(C(=O)c2ccc(Br)c3ccccc23)c1C. The van der Waals surface area contributed by atoms with Gasteiger partial charge in [0.2, 0.25) is 0 Å². The number of nitrogens with two attached hydrogens (primary N) is 1. The fourth-order valence-corrected chi connectivity index (χ4v) is 3.94. The molecule has 21 heavy (non-hydrogen) atoms. The summed E-state index contributed by atoms with van der Waals surface area (Å²) >= 11 is 5.01. The molecule has 3 rings (SSSR count). The van der Waals surface area contributed by atoms with Crippen molar-refractivity contribution in [2.75, 3.05) is 5.73 Å². The van der Waals surface area contributed by atoms with Crippen LogP contribution in [0.15, 0.2) is 40.9 Å². The Labute approximate surface area is 135 Å². The average Bonchev–Trinajstić information content (AvgIpc) is 2.72. The van der Waals surface area contributed by atoms with Crippen LogP contribution in [0.5, 0.6) is 0 Å². The van der Waals surface area contributed by atoms with Crippen molar-refractivity contribution in [3.05, 3.63) is 62.4 Å². The molecule has 0 unspecified atom stereocenters. The van der Waals surface area contributed by atoms with Gasteiger partial charge in [0.05, 0.1) is 10.6 Å². The molecular weight excluding hydrogens is 346 g/mol. The maximum Gasteiger partial charge on any atom is 0.196 e. The first kappa shape index (κ1) is 14.3. The maximum atomic E-state index is 12.9. The van der Waals surface area contributed by atoms with Gasteiger partial charge in [-0.05, 0) is 42.3 Å². The molecule has 0 saturated carbocycles. The second-order valence-electron chi connectivity index (χ2n) is 4.99. The normalized spacial score (nSPS) is 11.0. The molecule has 0 saturated heterocycles. The van der Waals surface area contributed by atoms with E-state index < -0.39 is 0 Å². The zero-order chi connectivity index (χ0) is 15.1. The van der Waals surface area contributed by atoms with Crippen LogP contribution >= 0.6 is 27.3 Å². The number of carbonyl (C=O) groups excluding carboxylic acids is 1. The van der Waals surface area contributed by atoms with Gasteiger partial charge in [0, 0.05) is 14.9 Å². The van der Waals surface area contributed by atoms with E-state index in [-0.39, 0.29) is 5.78 Å². The van der Waals surface area contributed by atoms with Crippen LogP contribution < -0.4 is 5.73 Å². The summed E-state index contributed by atoms with van der Waals surface area (Å²) in [5.74, 6) is -0.00181. The Balaban J connectivity index is 2.26. The molecule has 106 valence electrons. The van der Waals surface area contributed by atoms with Crippen LogP contribution in [0.1, 0.15) is 26.4 Å². The van der Waals surface area contributed by atoms with E-state index in [9.17, 15) is 4.79 Å². The number of halogens is 1. The Morgan fingerprint density at radius 3 is 2.38 bits per heavy atom. The third-order valence-electron chi connectivity index (χ3n) is 3.76. The van der Waals surface area contributed by atoms with Gasteiger partial charge in [-0.15, -0.1) is 11.3 Å². The third kappa shape index (κ3) is 2.28. The molecule has 0 fully saturated rings. The molecule has 1 aromatic heterocycles. The van der Waals surface area contributed by atoms with E-state index in [2.05, 4.69) is 15.9 Å². The number of carbonyl (C=O) groups is 1. The van der Waals surface area contributed by atoms with Gasteiger partial charge >= 0.3 is 0 Å². The Bertz CT molecular complexity index is 867. The molecule has 2 nitrogen and oxygen atoms in total. The van der Waals surface area contributed by atoms with Crippen LogP contribution in [0.2, 0.25) is 0 Å². The Morgan fingerprint density at radius 1 is 1.10 bits per heavy atom. The minimum absolute atomic E-state index is 0.00181. The summed E-state index contributed by atoms with van der Waals surface area (Å²) in [5, 5.41) is 2.58. The average molecular weight is 360 g/mol. The zero-order valence-electron chi connectivity index (χ0n) is 11.7. The Hall–Kier alpha value is -1.65. The monoisotopic (exact) mass is 359 g/mol. The number of anilines is 1. The predicted molar refractivity (Wildman–Crippen MR) is 93.3 cm³/mol. The van der Waals surface area contributed by atoms with Gasteiger partial charge in [0.1, 0.15) is 0 Å². The van der Waals surface area contributed by atoms with E-state index in [0.29, 0.717) is 16.1 Å². The van der Waals surface area contributed by atoms with Crippen LogP contribution in [0.4, 0.5) is 5.00 Å². The topological polar surface area (TPSA) is 43.1 Å². The van der Waals surface area contributed by atoms with Crippen molar-refractivity contribution < 1.29 is 4.79 Å². The minimum Gasteiger partial charge on any atom is -0.390 e. The summed E-state index contributed by atoms with van der Waals surface area (Å²) in [6.07, 6.45) is 0. The van der Waals surface area contributed by atoms with Gasteiger partial charge in [-0.3, -0.25) is 4.79 Å². The molecule has 0 atom stereocenters. The van der Waals surface area contributed by atoms with E-state index in [1.165, 1.54) is 11.3 Å².